The van der Waals surface area contributed by atoms with Crippen molar-refractivity contribution in [3.63, 3.8) is 0 Å². The van der Waals surface area contributed by atoms with Gasteiger partial charge >= 0.3 is 0 Å². The van der Waals surface area contributed by atoms with Crippen molar-refractivity contribution >= 4 is 0 Å². The van der Waals surface area contributed by atoms with Gasteiger partial charge in [-0.2, -0.15) is 0 Å². The van der Waals surface area contributed by atoms with Gasteiger partial charge in [0.2, 0.25) is 0 Å². The largest absolute Gasteiger partial charge is 0.393 e. The van der Waals surface area contributed by atoms with Crippen LogP contribution in [-0.2, 0) is 4.74 Å². The first-order valence-electron chi connectivity index (χ1n) is 9.56. The van der Waals surface area contributed by atoms with Gasteiger partial charge in [-0.05, 0) is 74.5 Å². The molecule has 0 aromatic carbocycles. The van der Waals surface area contributed by atoms with E-state index >= 15 is 0 Å². The molecular weight excluding hydrogens is 288 g/mol. The number of ether oxygens (including phenoxy) is 1. The topological polar surface area (TPSA) is 49.7 Å². The van der Waals surface area contributed by atoms with Crippen molar-refractivity contribution in [1.82, 2.24) is 0 Å². The predicted octanol–water partition coefficient (Wildman–Crippen LogP) is 3.30. The molecule has 3 fully saturated rings. The zero-order chi connectivity index (χ0) is 16.2. The Morgan fingerprint density at radius 2 is 1.96 bits per heavy atom. The molecule has 0 bridgehead atoms. The highest BCUT2D eigenvalue weighted by Crippen LogP contribution is 2.64. The fourth-order valence-electron chi connectivity index (χ4n) is 6.94. The van der Waals surface area contributed by atoms with Crippen LogP contribution >= 0.6 is 0 Å². The van der Waals surface area contributed by atoms with Crippen molar-refractivity contribution in [3.05, 3.63) is 11.6 Å². The molecule has 4 rings (SSSR count). The van der Waals surface area contributed by atoms with Crippen molar-refractivity contribution < 1.29 is 14.9 Å². The van der Waals surface area contributed by atoms with Gasteiger partial charge in [-0.3, -0.25) is 0 Å². The number of aliphatic hydroxyl groups excluding tert-OH is 2. The van der Waals surface area contributed by atoms with Gasteiger partial charge in [-0.15, -0.1) is 0 Å². The molecule has 0 amide bonds. The maximum absolute atomic E-state index is 10.5. The van der Waals surface area contributed by atoms with Gasteiger partial charge in [0, 0.05) is 12.5 Å². The molecule has 23 heavy (non-hydrogen) atoms. The molecular formula is C20H32O3. The predicted molar refractivity (Wildman–Crippen MR) is 89.9 cm³/mol. The molecule has 4 aliphatic rings. The van der Waals surface area contributed by atoms with Gasteiger partial charge in [0.15, 0.2) is 0 Å². The van der Waals surface area contributed by atoms with E-state index in [1.807, 2.05) is 7.11 Å². The Bertz CT molecular complexity index is 501. The second-order valence-corrected chi connectivity index (χ2v) is 8.97. The van der Waals surface area contributed by atoms with Crippen molar-refractivity contribution in [2.75, 3.05) is 13.7 Å². The van der Waals surface area contributed by atoms with Crippen LogP contribution < -0.4 is 0 Å². The molecule has 3 saturated carbocycles. The molecule has 0 heterocycles. The summed E-state index contributed by atoms with van der Waals surface area (Å²) >= 11 is 0. The number of rotatable bonds is 2. The lowest BCUT2D eigenvalue weighted by Crippen LogP contribution is -2.53. The van der Waals surface area contributed by atoms with Crippen molar-refractivity contribution in [2.24, 2.45) is 28.6 Å². The number of methoxy groups -OCH3 is 1. The quantitative estimate of drug-likeness (QED) is 0.768. The van der Waals surface area contributed by atoms with Crippen molar-refractivity contribution in [2.45, 2.75) is 70.5 Å². The van der Waals surface area contributed by atoms with Gasteiger partial charge in [-0.1, -0.05) is 18.6 Å². The Kier molecular flexibility index (Phi) is 3.90. The first-order chi connectivity index (χ1) is 11.0. The lowest BCUT2D eigenvalue weighted by molar-refractivity contribution is -0.0935. The average molecular weight is 320 g/mol. The minimum atomic E-state index is -0.162. The highest BCUT2D eigenvalue weighted by molar-refractivity contribution is 5.26. The van der Waals surface area contributed by atoms with Crippen LogP contribution in [0.15, 0.2) is 11.6 Å². The highest BCUT2D eigenvalue weighted by atomic mass is 16.5. The third-order valence-electron chi connectivity index (χ3n) is 8.15. The van der Waals surface area contributed by atoms with E-state index in [1.54, 1.807) is 0 Å². The molecule has 0 spiro atoms. The molecule has 130 valence electrons. The van der Waals surface area contributed by atoms with Crippen LogP contribution in [0.4, 0.5) is 0 Å². The van der Waals surface area contributed by atoms with Crippen molar-refractivity contribution in [1.29, 1.82) is 0 Å². The van der Waals surface area contributed by atoms with Gasteiger partial charge in [0.25, 0.3) is 0 Å². The van der Waals surface area contributed by atoms with Crippen LogP contribution in [0.5, 0.6) is 0 Å². The van der Waals surface area contributed by atoms with E-state index in [-0.39, 0.29) is 23.0 Å². The maximum atomic E-state index is 10.5. The lowest BCUT2D eigenvalue weighted by atomic mass is 9.47. The summed E-state index contributed by atoms with van der Waals surface area (Å²) in [6.45, 7) is 3.14. The first-order valence-corrected chi connectivity index (χ1v) is 9.56. The number of fused-ring (bicyclic) bond motifs is 5. The molecule has 0 radical (unpaired) electrons. The monoisotopic (exact) mass is 320 g/mol. The minimum absolute atomic E-state index is 0.106. The molecule has 7 atom stereocenters. The SMILES string of the molecule is COCC12CCC(O)CC1=CCC1C2CCC2(C)C(O)CCC12. The van der Waals surface area contributed by atoms with E-state index in [9.17, 15) is 10.2 Å². The van der Waals surface area contributed by atoms with Gasteiger partial charge in [0.1, 0.15) is 0 Å². The van der Waals surface area contributed by atoms with E-state index in [1.165, 1.54) is 18.4 Å². The summed E-state index contributed by atoms with van der Waals surface area (Å²) in [6, 6.07) is 0. The standard InChI is InChI=1S/C20H32O3/c1-19-9-8-17-15(16(19)5-6-18(19)22)4-3-13-11-14(21)7-10-20(13,17)12-23-2/h3,14-18,21-22H,4-12H2,1-2H3. The lowest BCUT2D eigenvalue weighted by Gasteiger charge is -2.58. The van der Waals surface area contributed by atoms with Crippen LogP contribution in [0.25, 0.3) is 0 Å². The zero-order valence-electron chi connectivity index (χ0n) is 14.6. The number of aliphatic hydroxyl groups is 2. The smallest absolute Gasteiger partial charge is 0.0596 e. The minimum Gasteiger partial charge on any atom is -0.393 e. The molecule has 0 aliphatic heterocycles. The van der Waals surface area contributed by atoms with Crippen LogP contribution in [-0.4, -0.2) is 36.1 Å². The zero-order valence-corrected chi connectivity index (χ0v) is 14.6. The molecule has 0 saturated heterocycles. The normalized spacial score (nSPS) is 52.3. The van der Waals surface area contributed by atoms with Crippen LogP contribution in [0, 0.1) is 28.6 Å². The Morgan fingerprint density at radius 1 is 1.13 bits per heavy atom. The van der Waals surface area contributed by atoms with E-state index in [2.05, 4.69) is 13.0 Å². The molecule has 0 aromatic heterocycles. The second-order valence-electron chi connectivity index (χ2n) is 8.97. The van der Waals surface area contributed by atoms with Gasteiger partial charge < -0.3 is 14.9 Å². The molecule has 7 unspecified atom stereocenters. The Morgan fingerprint density at radius 3 is 2.74 bits per heavy atom. The summed E-state index contributed by atoms with van der Waals surface area (Å²) < 4.78 is 5.71. The summed E-state index contributed by atoms with van der Waals surface area (Å²) in [7, 11) is 1.83. The molecule has 3 nitrogen and oxygen atoms in total. The van der Waals surface area contributed by atoms with Crippen LogP contribution in [0.2, 0.25) is 0 Å². The van der Waals surface area contributed by atoms with Gasteiger partial charge in [-0.25, -0.2) is 0 Å². The van der Waals surface area contributed by atoms with E-state index < -0.39 is 0 Å². The molecule has 3 heteroatoms. The van der Waals surface area contributed by atoms with Gasteiger partial charge in [0.05, 0.1) is 18.8 Å². The molecule has 4 aliphatic carbocycles. The molecule has 0 aromatic rings. The number of allylic oxidation sites excluding steroid dienone is 1. The summed E-state index contributed by atoms with van der Waals surface area (Å²) in [5.41, 5.74) is 1.77. The fraction of sp³-hybridized carbons (Fsp3) is 0.900. The van der Waals surface area contributed by atoms with E-state index in [0.717, 1.165) is 45.1 Å². The Labute approximate surface area is 140 Å². The summed E-state index contributed by atoms with van der Waals surface area (Å²) in [5.74, 6) is 2.04. The number of hydrogen-bond donors (Lipinski definition) is 2. The third kappa shape index (κ3) is 2.19. The fourth-order valence-corrected chi connectivity index (χ4v) is 6.94. The first kappa shape index (κ1) is 16.1. The van der Waals surface area contributed by atoms with Crippen LogP contribution in [0.1, 0.15) is 58.3 Å². The summed E-state index contributed by atoms with van der Waals surface area (Å²) in [5, 5.41) is 20.7. The highest BCUT2D eigenvalue weighted by Gasteiger charge is 2.59. The average Bonchev–Trinajstić information content (AvgIpc) is 2.84. The number of hydrogen-bond acceptors (Lipinski definition) is 3. The maximum Gasteiger partial charge on any atom is 0.0596 e. The third-order valence-corrected chi connectivity index (χ3v) is 8.15. The Balaban J connectivity index is 1.70. The van der Waals surface area contributed by atoms with Crippen LogP contribution in [0.3, 0.4) is 0 Å². The summed E-state index contributed by atoms with van der Waals surface area (Å²) in [6.07, 6.45) is 10.7. The molecule has 2 N–H and O–H groups in total. The Hall–Kier alpha value is -0.380. The van der Waals surface area contributed by atoms with E-state index in [0.29, 0.717) is 17.8 Å². The summed E-state index contributed by atoms with van der Waals surface area (Å²) in [4.78, 5) is 0. The second kappa shape index (κ2) is 5.57. The van der Waals surface area contributed by atoms with Crippen molar-refractivity contribution in [3.8, 4) is 0 Å². The van der Waals surface area contributed by atoms with E-state index in [4.69, 9.17) is 4.74 Å².